The fraction of sp³-hybridized carbons (Fsp3) is 0.909. The summed E-state index contributed by atoms with van der Waals surface area (Å²) in [4.78, 5) is 13.5. The zero-order valence-corrected chi connectivity index (χ0v) is 9.30. The predicted molar refractivity (Wildman–Crippen MR) is 59.7 cm³/mol. The molecule has 1 unspecified atom stereocenters. The van der Waals surface area contributed by atoms with Gasteiger partial charge in [-0.2, -0.15) is 0 Å². The number of hydrogen-bond donors (Lipinski definition) is 2. The van der Waals surface area contributed by atoms with Crippen molar-refractivity contribution in [2.45, 2.75) is 19.3 Å². The van der Waals surface area contributed by atoms with E-state index in [9.17, 15) is 4.79 Å². The summed E-state index contributed by atoms with van der Waals surface area (Å²) >= 11 is 0. The van der Waals surface area contributed by atoms with Gasteiger partial charge in [-0.1, -0.05) is 0 Å². The first-order valence-electron chi connectivity index (χ1n) is 6.05. The van der Waals surface area contributed by atoms with Gasteiger partial charge < -0.3 is 15.5 Å². The number of hydrogen-bond acceptors (Lipinski definition) is 3. The van der Waals surface area contributed by atoms with E-state index in [1.165, 1.54) is 25.8 Å². The molecule has 1 atom stereocenters. The van der Waals surface area contributed by atoms with Gasteiger partial charge in [0.05, 0.1) is 6.54 Å². The molecule has 0 radical (unpaired) electrons. The Morgan fingerprint density at radius 1 is 1.33 bits per heavy atom. The average molecular weight is 211 g/mol. The molecule has 0 saturated carbocycles. The molecule has 2 rings (SSSR count). The molecule has 2 saturated heterocycles. The second kappa shape index (κ2) is 5.47. The van der Waals surface area contributed by atoms with Crippen molar-refractivity contribution in [3.63, 3.8) is 0 Å². The minimum absolute atomic E-state index is 0.269. The van der Waals surface area contributed by atoms with E-state index in [4.69, 9.17) is 0 Å². The molecular formula is C11H21N3O. The summed E-state index contributed by atoms with van der Waals surface area (Å²) in [6.07, 6.45) is 3.78. The fourth-order valence-electron chi connectivity index (χ4n) is 2.39. The van der Waals surface area contributed by atoms with Gasteiger partial charge in [0.1, 0.15) is 0 Å². The Morgan fingerprint density at radius 2 is 2.27 bits per heavy atom. The summed E-state index contributed by atoms with van der Waals surface area (Å²) in [5.74, 6) is 1.05. The number of piperazine rings is 1. The van der Waals surface area contributed by atoms with Gasteiger partial charge in [-0.05, 0) is 38.3 Å². The van der Waals surface area contributed by atoms with Crippen molar-refractivity contribution in [1.82, 2.24) is 15.5 Å². The topological polar surface area (TPSA) is 44.4 Å². The SMILES string of the molecule is O=C1CNCCN1CCC1CCCNC1. The molecule has 2 aliphatic rings. The number of nitrogens with zero attached hydrogens (tertiary/aromatic N) is 1. The van der Waals surface area contributed by atoms with Gasteiger partial charge in [-0.25, -0.2) is 0 Å². The Hall–Kier alpha value is -0.610. The number of rotatable bonds is 3. The van der Waals surface area contributed by atoms with Gasteiger partial charge in [0.15, 0.2) is 0 Å². The van der Waals surface area contributed by atoms with E-state index >= 15 is 0 Å². The van der Waals surface area contributed by atoms with E-state index in [-0.39, 0.29) is 5.91 Å². The summed E-state index contributed by atoms with van der Waals surface area (Å²) in [7, 11) is 0. The van der Waals surface area contributed by atoms with Crippen LogP contribution in [0, 0.1) is 5.92 Å². The number of carbonyl (C=O) groups is 1. The lowest BCUT2D eigenvalue weighted by Gasteiger charge is -2.30. The highest BCUT2D eigenvalue weighted by Gasteiger charge is 2.19. The highest BCUT2D eigenvalue weighted by molar-refractivity contribution is 5.78. The molecule has 2 fully saturated rings. The van der Waals surface area contributed by atoms with Crippen molar-refractivity contribution in [1.29, 1.82) is 0 Å². The van der Waals surface area contributed by atoms with Crippen molar-refractivity contribution in [2.24, 2.45) is 5.92 Å². The first-order chi connectivity index (χ1) is 7.36. The highest BCUT2D eigenvalue weighted by atomic mass is 16.2. The molecule has 4 heteroatoms. The lowest BCUT2D eigenvalue weighted by atomic mass is 9.96. The van der Waals surface area contributed by atoms with E-state index < -0.39 is 0 Å². The Kier molecular flexibility index (Phi) is 3.97. The Bertz CT molecular complexity index is 214. The maximum Gasteiger partial charge on any atom is 0.236 e. The minimum Gasteiger partial charge on any atom is -0.340 e. The number of nitrogens with one attached hydrogen (secondary N) is 2. The lowest BCUT2D eigenvalue weighted by Crippen LogP contribution is -2.48. The molecule has 0 aromatic carbocycles. The molecule has 0 bridgehead atoms. The Morgan fingerprint density at radius 3 is 3.00 bits per heavy atom. The van der Waals surface area contributed by atoms with Crippen LogP contribution in [0.4, 0.5) is 0 Å². The molecule has 2 N–H and O–H groups in total. The van der Waals surface area contributed by atoms with Crippen LogP contribution >= 0.6 is 0 Å². The minimum atomic E-state index is 0.269. The Balaban J connectivity index is 1.69. The zero-order valence-electron chi connectivity index (χ0n) is 9.30. The molecule has 15 heavy (non-hydrogen) atoms. The summed E-state index contributed by atoms with van der Waals surface area (Å²) in [6.45, 7) is 5.63. The molecule has 86 valence electrons. The summed E-state index contributed by atoms with van der Waals surface area (Å²) < 4.78 is 0. The molecule has 4 nitrogen and oxygen atoms in total. The maximum atomic E-state index is 11.5. The third kappa shape index (κ3) is 3.18. The number of amides is 1. The van der Waals surface area contributed by atoms with E-state index in [2.05, 4.69) is 10.6 Å². The van der Waals surface area contributed by atoms with Crippen molar-refractivity contribution in [2.75, 3.05) is 39.3 Å². The highest BCUT2D eigenvalue weighted by Crippen LogP contribution is 2.14. The van der Waals surface area contributed by atoms with E-state index in [1.54, 1.807) is 0 Å². The number of piperidine rings is 1. The fourth-order valence-corrected chi connectivity index (χ4v) is 2.39. The van der Waals surface area contributed by atoms with Crippen LogP contribution < -0.4 is 10.6 Å². The lowest BCUT2D eigenvalue weighted by molar-refractivity contribution is -0.132. The third-order valence-corrected chi connectivity index (χ3v) is 3.39. The van der Waals surface area contributed by atoms with Crippen molar-refractivity contribution >= 4 is 5.91 Å². The molecule has 0 aromatic heterocycles. The normalized spacial score (nSPS) is 28.1. The summed E-state index contributed by atoms with van der Waals surface area (Å²) in [6, 6.07) is 0. The largest absolute Gasteiger partial charge is 0.340 e. The van der Waals surface area contributed by atoms with Crippen molar-refractivity contribution in [3.8, 4) is 0 Å². The van der Waals surface area contributed by atoms with Crippen LogP contribution in [0.1, 0.15) is 19.3 Å². The van der Waals surface area contributed by atoms with E-state index in [0.29, 0.717) is 6.54 Å². The zero-order chi connectivity index (χ0) is 10.5. The maximum absolute atomic E-state index is 11.5. The first-order valence-corrected chi connectivity index (χ1v) is 6.05. The summed E-state index contributed by atoms with van der Waals surface area (Å²) in [5.41, 5.74) is 0. The van der Waals surface area contributed by atoms with Crippen molar-refractivity contribution < 1.29 is 4.79 Å². The second-order valence-electron chi connectivity index (χ2n) is 4.56. The van der Waals surface area contributed by atoms with Crippen LogP contribution in [0.25, 0.3) is 0 Å². The number of carbonyl (C=O) groups excluding carboxylic acids is 1. The predicted octanol–water partition coefficient (Wildman–Crippen LogP) is -0.192. The van der Waals surface area contributed by atoms with Crippen LogP contribution in [0.3, 0.4) is 0 Å². The molecule has 0 spiro atoms. The molecule has 2 heterocycles. The second-order valence-corrected chi connectivity index (χ2v) is 4.56. The first kappa shape index (κ1) is 10.9. The van der Waals surface area contributed by atoms with Crippen molar-refractivity contribution in [3.05, 3.63) is 0 Å². The molecule has 1 amide bonds. The average Bonchev–Trinajstić information content (AvgIpc) is 2.29. The molecule has 2 aliphatic heterocycles. The van der Waals surface area contributed by atoms with Gasteiger partial charge in [-0.3, -0.25) is 4.79 Å². The van der Waals surface area contributed by atoms with Gasteiger partial charge in [0.25, 0.3) is 0 Å². The van der Waals surface area contributed by atoms with E-state index in [0.717, 1.165) is 32.1 Å². The standard InChI is InChI=1S/C11H21N3O/c15-11-9-13-5-7-14(11)6-3-10-2-1-4-12-8-10/h10,12-13H,1-9H2. The smallest absolute Gasteiger partial charge is 0.236 e. The van der Waals surface area contributed by atoms with Crippen LogP contribution in [0.5, 0.6) is 0 Å². The molecular weight excluding hydrogens is 190 g/mol. The quantitative estimate of drug-likeness (QED) is 0.680. The summed E-state index contributed by atoms with van der Waals surface area (Å²) in [5, 5.41) is 6.52. The van der Waals surface area contributed by atoms with E-state index in [1.807, 2.05) is 4.90 Å². The van der Waals surface area contributed by atoms with Crippen LogP contribution in [0.2, 0.25) is 0 Å². The van der Waals surface area contributed by atoms with Gasteiger partial charge >= 0.3 is 0 Å². The van der Waals surface area contributed by atoms with Gasteiger partial charge in [0.2, 0.25) is 5.91 Å². The molecule has 0 aromatic rings. The monoisotopic (exact) mass is 211 g/mol. The van der Waals surface area contributed by atoms with Crippen LogP contribution in [-0.2, 0) is 4.79 Å². The van der Waals surface area contributed by atoms with Gasteiger partial charge in [-0.15, -0.1) is 0 Å². The third-order valence-electron chi connectivity index (χ3n) is 3.39. The van der Waals surface area contributed by atoms with Crippen LogP contribution in [-0.4, -0.2) is 50.1 Å². The van der Waals surface area contributed by atoms with Crippen LogP contribution in [0.15, 0.2) is 0 Å². The Labute approximate surface area is 91.4 Å². The van der Waals surface area contributed by atoms with Gasteiger partial charge in [0, 0.05) is 19.6 Å². The molecule has 0 aliphatic carbocycles.